The van der Waals surface area contributed by atoms with Crippen molar-refractivity contribution in [3.05, 3.63) is 90.2 Å². The average Bonchev–Trinajstić information content (AvgIpc) is 2.69. The molecule has 1 aromatic heterocycles. The van der Waals surface area contributed by atoms with E-state index in [0.29, 0.717) is 16.9 Å². The number of halogens is 4. The lowest BCUT2D eigenvalue weighted by Gasteiger charge is -2.15. The highest BCUT2D eigenvalue weighted by molar-refractivity contribution is 5.95. The predicted molar refractivity (Wildman–Crippen MR) is 102 cm³/mol. The summed E-state index contributed by atoms with van der Waals surface area (Å²) in [5.41, 5.74) is 1.23. The Bertz CT molecular complexity index is 1140. The summed E-state index contributed by atoms with van der Waals surface area (Å²) in [6.45, 7) is 0. The second-order valence-electron chi connectivity index (χ2n) is 6.25. The van der Waals surface area contributed by atoms with Gasteiger partial charge in [0.25, 0.3) is 0 Å². The van der Waals surface area contributed by atoms with Gasteiger partial charge in [0.15, 0.2) is 0 Å². The summed E-state index contributed by atoms with van der Waals surface area (Å²) in [5.74, 6) is -0.370. The molecule has 4 aromatic rings. The Morgan fingerprint density at radius 1 is 0.786 bits per heavy atom. The summed E-state index contributed by atoms with van der Waals surface area (Å²) >= 11 is 0. The number of anilines is 2. The Kier molecular flexibility index (Phi) is 4.47. The summed E-state index contributed by atoms with van der Waals surface area (Å²) in [6, 6.07) is 19.8. The lowest BCUT2D eigenvalue weighted by molar-refractivity contribution is -0.137. The number of alkyl halides is 3. The van der Waals surface area contributed by atoms with Crippen LogP contribution in [0.2, 0.25) is 0 Å². The topological polar surface area (TPSA) is 24.9 Å². The van der Waals surface area contributed by atoms with Crippen molar-refractivity contribution < 1.29 is 17.6 Å². The fourth-order valence-corrected chi connectivity index (χ4v) is 3.06. The molecule has 140 valence electrons. The largest absolute Gasteiger partial charge is 0.417 e. The lowest BCUT2D eigenvalue weighted by atomic mass is 10.0. The van der Waals surface area contributed by atoms with Gasteiger partial charge in [0.1, 0.15) is 5.82 Å². The van der Waals surface area contributed by atoms with Crippen LogP contribution in [0.4, 0.5) is 28.9 Å². The molecule has 0 spiro atoms. The van der Waals surface area contributed by atoms with Crippen LogP contribution < -0.4 is 5.32 Å². The first-order chi connectivity index (χ1) is 13.4. The van der Waals surface area contributed by atoms with E-state index in [1.807, 2.05) is 12.1 Å². The molecule has 0 saturated carbocycles. The maximum Gasteiger partial charge on any atom is 0.417 e. The lowest BCUT2D eigenvalue weighted by Crippen LogP contribution is -2.07. The van der Waals surface area contributed by atoms with Gasteiger partial charge >= 0.3 is 6.18 Å². The fourth-order valence-electron chi connectivity index (χ4n) is 3.06. The predicted octanol–water partition coefficient (Wildman–Crippen LogP) is 6.80. The van der Waals surface area contributed by atoms with Crippen molar-refractivity contribution in [2.24, 2.45) is 0 Å². The third-order valence-corrected chi connectivity index (χ3v) is 4.35. The van der Waals surface area contributed by atoms with Gasteiger partial charge in [-0.1, -0.05) is 36.4 Å². The summed E-state index contributed by atoms with van der Waals surface area (Å²) in [4.78, 5) is 4.44. The average molecular weight is 382 g/mol. The van der Waals surface area contributed by atoms with E-state index in [2.05, 4.69) is 10.3 Å². The maximum atomic E-state index is 13.5. The molecular weight excluding hydrogens is 368 g/mol. The van der Waals surface area contributed by atoms with Gasteiger partial charge in [-0.25, -0.2) is 9.37 Å². The van der Waals surface area contributed by atoms with E-state index in [-0.39, 0.29) is 17.1 Å². The molecule has 0 amide bonds. The Hall–Kier alpha value is -3.41. The molecule has 0 unspecified atom stereocenters. The first-order valence-corrected chi connectivity index (χ1v) is 8.51. The minimum Gasteiger partial charge on any atom is -0.355 e. The van der Waals surface area contributed by atoms with Crippen LogP contribution in [-0.2, 0) is 6.18 Å². The van der Waals surface area contributed by atoms with Gasteiger partial charge in [0, 0.05) is 16.6 Å². The maximum absolute atomic E-state index is 13.5. The van der Waals surface area contributed by atoms with E-state index in [9.17, 15) is 17.6 Å². The number of rotatable bonds is 3. The molecule has 2 nitrogen and oxygen atoms in total. The van der Waals surface area contributed by atoms with E-state index in [4.69, 9.17) is 0 Å². The van der Waals surface area contributed by atoms with Gasteiger partial charge in [0.05, 0.1) is 22.5 Å². The van der Waals surface area contributed by atoms with Crippen molar-refractivity contribution in [2.45, 2.75) is 6.18 Å². The van der Waals surface area contributed by atoms with Gasteiger partial charge in [-0.2, -0.15) is 13.2 Å². The van der Waals surface area contributed by atoms with Crippen LogP contribution in [0.1, 0.15) is 5.56 Å². The zero-order chi connectivity index (χ0) is 19.7. The molecule has 0 aliphatic heterocycles. The monoisotopic (exact) mass is 382 g/mol. The van der Waals surface area contributed by atoms with Crippen molar-refractivity contribution in [2.75, 3.05) is 5.32 Å². The number of aromatic nitrogens is 1. The van der Waals surface area contributed by atoms with Crippen LogP contribution in [0, 0.1) is 5.82 Å². The summed E-state index contributed by atoms with van der Waals surface area (Å²) in [5, 5.41) is 3.90. The molecule has 0 aliphatic carbocycles. The van der Waals surface area contributed by atoms with E-state index >= 15 is 0 Å². The molecule has 1 heterocycles. The van der Waals surface area contributed by atoms with Crippen molar-refractivity contribution in [3.63, 3.8) is 0 Å². The van der Waals surface area contributed by atoms with Crippen molar-refractivity contribution in [1.29, 1.82) is 0 Å². The van der Waals surface area contributed by atoms with Crippen LogP contribution >= 0.6 is 0 Å². The smallest absolute Gasteiger partial charge is 0.355 e. The zero-order valence-corrected chi connectivity index (χ0v) is 14.5. The number of benzene rings is 3. The van der Waals surface area contributed by atoms with Crippen LogP contribution in [0.3, 0.4) is 0 Å². The highest BCUT2D eigenvalue weighted by atomic mass is 19.4. The van der Waals surface area contributed by atoms with Gasteiger partial charge < -0.3 is 5.32 Å². The molecule has 0 aliphatic rings. The SMILES string of the molecule is Fc1ccc(Nc2cc(-c3ccccc3C(F)(F)F)nc3ccccc23)cc1. The number of hydrogen-bond donors (Lipinski definition) is 1. The number of fused-ring (bicyclic) bond motifs is 1. The molecule has 0 radical (unpaired) electrons. The molecule has 4 rings (SSSR count). The van der Waals surface area contributed by atoms with Gasteiger partial charge in [-0.15, -0.1) is 0 Å². The number of hydrogen-bond acceptors (Lipinski definition) is 2. The van der Waals surface area contributed by atoms with Crippen molar-refractivity contribution >= 4 is 22.3 Å². The molecule has 0 atom stereocenters. The highest BCUT2D eigenvalue weighted by Crippen LogP contribution is 2.38. The molecular formula is C22H14F4N2. The number of pyridine rings is 1. The molecule has 0 saturated heterocycles. The quantitative estimate of drug-likeness (QED) is 0.394. The minimum absolute atomic E-state index is 0.00269. The van der Waals surface area contributed by atoms with Crippen molar-refractivity contribution in [1.82, 2.24) is 4.98 Å². The second-order valence-corrected chi connectivity index (χ2v) is 6.25. The first-order valence-electron chi connectivity index (χ1n) is 8.51. The Morgan fingerprint density at radius 3 is 2.21 bits per heavy atom. The summed E-state index contributed by atoms with van der Waals surface area (Å²) in [7, 11) is 0. The van der Waals surface area contributed by atoms with Gasteiger partial charge in [0.2, 0.25) is 0 Å². The van der Waals surface area contributed by atoms with Crippen LogP contribution in [0.15, 0.2) is 78.9 Å². The van der Waals surface area contributed by atoms with E-state index in [1.165, 1.54) is 24.3 Å². The zero-order valence-electron chi connectivity index (χ0n) is 14.5. The van der Waals surface area contributed by atoms with Crippen LogP contribution in [0.5, 0.6) is 0 Å². The van der Waals surface area contributed by atoms with E-state index < -0.39 is 11.7 Å². The van der Waals surface area contributed by atoms with Crippen molar-refractivity contribution in [3.8, 4) is 11.3 Å². The molecule has 3 aromatic carbocycles. The highest BCUT2D eigenvalue weighted by Gasteiger charge is 2.33. The Labute approximate surface area is 158 Å². The second kappa shape index (κ2) is 6.96. The number of para-hydroxylation sites is 1. The summed E-state index contributed by atoms with van der Waals surface area (Å²) < 4.78 is 53.5. The molecule has 0 fully saturated rings. The first kappa shape index (κ1) is 18.0. The normalized spacial score (nSPS) is 11.6. The third-order valence-electron chi connectivity index (χ3n) is 4.35. The van der Waals surface area contributed by atoms with Gasteiger partial charge in [-0.05, 0) is 42.5 Å². The number of nitrogens with zero attached hydrogens (tertiary/aromatic N) is 1. The van der Waals surface area contributed by atoms with E-state index in [1.54, 1.807) is 36.4 Å². The number of nitrogens with one attached hydrogen (secondary N) is 1. The Morgan fingerprint density at radius 2 is 1.46 bits per heavy atom. The minimum atomic E-state index is -4.49. The van der Waals surface area contributed by atoms with E-state index in [0.717, 1.165) is 11.5 Å². The molecule has 1 N–H and O–H groups in total. The third kappa shape index (κ3) is 3.53. The van der Waals surface area contributed by atoms with Crippen LogP contribution in [0.25, 0.3) is 22.2 Å². The standard InChI is InChI=1S/C22H14F4N2/c23-14-9-11-15(12-10-14)27-21-13-20(28-19-8-4-2-6-17(19)21)16-5-1-3-7-18(16)22(24,25)26/h1-13H,(H,27,28). The van der Waals surface area contributed by atoms with Crippen LogP contribution in [-0.4, -0.2) is 4.98 Å². The molecule has 6 heteroatoms. The van der Waals surface area contributed by atoms with Gasteiger partial charge in [-0.3, -0.25) is 0 Å². The Balaban J connectivity index is 1.89. The molecule has 0 bridgehead atoms. The fraction of sp³-hybridized carbons (Fsp3) is 0.0455. The summed E-state index contributed by atoms with van der Waals surface area (Å²) in [6.07, 6.45) is -4.49. The molecule has 28 heavy (non-hydrogen) atoms.